The molecule has 130 valence electrons. The zero-order chi connectivity index (χ0) is 16.2. The monoisotopic (exact) mass is 361 g/mol. The van der Waals surface area contributed by atoms with E-state index in [4.69, 9.17) is 11.5 Å². The number of guanidine groups is 1. The Morgan fingerprint density at radius 2 is 2.04 bits per heavy atom. The normalized spacial score (nSPS) is 15.8. The predicted molar refractivity (Wildman–Crippen MR) is 95.7 cm³/mol. The Morgan fingerprint density at radius 3 is 2.70 bits per heavy atom. The van der Waals surface area contributed by atoms with Gasteiger partial charge in [-0.2, -0.15) is 5.10 Å². The molecule has 0 aliphatic heterocycles. The highest BCUT2D eigenvalue weighted by Gasteiger charge is 2.24. The van der Waals surface area contributed by atoms with Crippen molar-refractivity contribution in [1.29, 1.82) is 0 Å². The van der Waals surface area contributed by atoms with E-state index in [0.29, 0.717) is 6.42 Å². The van der Waals surface area contributed by atoms with E-state index in [0.717, 1.165) is 49.1 Å². The number of hydrogen-bond donors (Lipinski definition) is 2. The lowest BCUT2D eigenvalue weighted by atomic mass is 9.96. The number of halogens is 1. The van der Waals surface area contributed by atoms with E-state index >= 15 is 0 Å². The van der Waals surface area contributed by atoms with Crippen LogP contribution < -0.4 is 11.5 Å². The molecule has 1 aliphatic carbocycles. The molecule has 9 heteroatoms. The van der Waals surface area contributed by atoms with Crippen LogP contribution in [0.25, 0.3) is 0 Å². The maximum absolute atomic E-state index is 12.5. The van der Waals surface area contributed by atoms with Gasteiger partial charge in [-0.1, -0.05) is 19.8 Å². The number of nitrogens with zero attached hydrogens (tertiary/aromatic N) is 3. The molecule has 1 heterocycles. The minimum Gasteiger partial charge on any atom is -0.369 e. The summed E-state index contributed by atoms with van der Waals surface area (Å²) in [5, 5.41) is 7.72. The van der Waals surface area contributed by atoms with Crippen LogP contribution in [-0.4, -0.2) is 29.8 Å². The number of rotatable bonds is 6. The third-order valence-electron chi connectivity index (χ3n) is 3.68. The summed E-state index contributed by atoms with van der Waals surface area (Å²) in [5.41, 5.74) is 12.9. The summed E-state index contributed by atoms with van der Waals surface area (Å²) in [4.78, 5) is 0. The SMILES string of the molecule is CCCCCS(=O)(=O)n1ccc2c1CCC/C2=N/N=C(N)N.Cl. The van der Waals surface area contributed by atoms with Crippen molar-refractivity contribution in [3.8, 4) is 0 Å². The molecular weight excluding hydrogens is 338 g/mol. The van der Waals surface area contributed by atoms with E-state index in [-0.39, 0.29) is 24.1 Å². The Balaban J connectivity index is 0.00000264. The maximum Gasteiger partial charge on any atom is 0.238 e. The maximum atomic E-state index is 12.5. The van der Waals surface area contributed by atoms with Gasteiger partial charge in [-0.15, -0.1) is 17.5 Å². The second kappa shape index (κ2) is 8.35. The summed E-state index contributed by atoms with van der Waals surface area (Å²) >= 11 is 0. The molecule has 0 bridgehead atoms. The minimum atomic E-state index is -3.31. The van der Waals surface area contributed by atoms with Crippen LogP contribution in [0, 0.1) is 0 Å². The zero-order valence-corrected chi connectivity index (χ0v) is 14.9. The van der Waals surface area contributed by atoms with Gasteiger partial charge in [0.05, 0.1) is 11.5 Å². The molecule has 0 unspecified atom stereocenters. The van der Waals surface area contributed by atoms with Crippen LogP contribution in [0.2, 0.25) is 0 Å². The molecule has 0 atom stereocenters. The number of hydrogen-bond acceptors (Lipinski definition) is 4. The second-order valence-electron chi connectivity index (χ2n) is 5.42. The van der Waals surface area contributed by atoms with Crippen molar-refractivity contribution in [2.75, 3.05) is 5.75 Å². The van der Waals surface area contributed by atoms with Crippen molar-refractivity contribution in [2.45, 2.75) is 45.4 Å². The number of nitrogens with two attached hydrogens (primary N) is 2. The van der Waals surface area contributed by atoms with Crippen molar-refractivity contribution in [3.05, 3.63) is 23.5 Å². The van der Waals surface area contributed by atoms with Gasteiger partial charge in [0.1, 0.15) is 0 Å². The van der Waals surface area contributed by atoms with E-state index in [2.05, 4.69) is 17.1 Å². The third-order valence-corrected chi connectivity index (χ3v) is 5.43. The van der Waals surface area contributed by atoms with Crippen LogP contribution in [0.4, 0.5) is 0 Å². The van der Waals surface area contributed by atoms with Gasteiger partial charge in [-0.25, -0.2) is 12.4 Å². The molecule has 1 aromatic rings. The van der Waals surface area contributed by atoms with Crippen molar-refractivity contribution in [2.24, 2.45) is 21.7 Å². The average molecular weight is 362 g/mol. The van der Waals surface area contributed by atoms with Gasteiger partial charge in [-0.05, 0) is 31.7 Å². The molecule has 0 saturated carbocycles. The minimum absolute atomic E-state index is 0. The first-order valence-corrected chi connectivity index (χ1v) is 9.16. The van der Waals surface area contributed by atoms with Gasteiger partial charge in [0.15, 0.2) is 0 Å². The summed E-state index contributed by atoms with van der Waals surface area (Å²) in [6.07, 6.45) is 6.50. The van der Waals surface area contributed by atoms with E-state index in [1.807, 2.05) is 0 Å². The van der Waals surface area contributed by atoms with Crippen LogP contribution in [0.5, 0.6) is 0 Å². The molecule has 0 radical (unpaired) electrons. The van der Waals surface area contributed by atoms with E-state index < -0.39 is 10.0 Å². The van der Waals surface area contributed by atoms with Gasteiger partial charge in [0.25, 0.3) is 0 Å². The molecule has 0 amide bonds. The molecule has 23 heavy (non-hydrogen) atoms. The van der Waals surface area contributed by atoms with Gasteiger partial charge < -0.3 is 11.5 Å². The predicted octanol–water partition coefficient (Wildman–Crippen LogP) is 1.59. The average Bonchev–Trinajstić information content (AvgIpc) is 2.90. The molecule has 0 saturated heterocycles. The second-order valence-corrected chi connectivity index (χ2v) is 7.39. The molecule has 1 aromatic heterocycles. The fourth-order valence-electron chi connectivity index (χ4n) is 2.63. The smallest absolute Gasteiger partial charge is 0.238 e. The first-order chi connectivity index (χ1) is 10.5. The Kier molecular flexibility index (Phi) is 7.08. The molecule has 0 fully saturated rings. The highest BCUT2D eigenvalue weighted by atomic mass is 35.5. The number of unbranched alkanes of at least 4 members (excludes halogenated alkanes) is 2. The highest BCUT2D eigenvalue weighted by molar-refractivity contribution is 7.89. The Labute approximate surface area is 143 Å². The first-order valence-electron chi connectivity index (χ1n) is 7.55. The van der Waals surface area contributed by atoms with E-state index in [9.17, 15) is 8.42 Å². The highest BCUT2D eigenvalue weighted by Crippen LogP contribution is 2.25. The summed E-state index contributed by atoms with van der Waals surface area (Å²) in [6.45, 7) is 2.05. The lowest BCUT2D eigenvalue weighted by Gasteiger charge is -2.17. The van der Waals surface area contributed by atoms with Gasteiger partial charge in [-0.3, -0.25) is 0 Å². The van der Waals surface area contributed by atoms with E-state index in [1.54, 1.807) is 12.3 Å². The Morgan fingerprint density at radius 1 is 1.30 bits per heavy atom. The van der Waals surface area contributed by atoms with Gasteiger partial charge >= 0.3 is 0 Å². The molecule has 0 aromatic carbocycles. The summed E-state index contributed by atoms with van der Waals surface area (Å²) in [5.74, 6) is 0.0637. The molecule has 2 rings (SSSR count). The summed E-state index contributed by atoms with van der Waals surface area (Å²) < 4.78 is 26.3. The van der Waals surface area contributed by atoms with Gasteiger partial charge in [0, 0.05) is 17.5 Å². The van der Waals surface area contributed by atoms with Crippen molar-refractivity contribution in [1.82, 2.24) is 3.97 Å². The number of fused-ring (bicyclic) bond motifs is 1. The lowest BCUT2D eigenvalue weighted by Crippen LogP contribution is -2.23. The molecule has 0 spiro atoms. The van der Waals surface area contributed by atoms with Crippen LogP contribution in [0.3, 0.4) is 0 Å². The Bertz CT molecular complexity index is 690. The van der Waals surface area contributed by atoms with Crippen LogP contribution in [0.1, 0.15) is 50.3 Å². The molecule has 4 N–H and O–H groups in total. The van der Waals surface area contributed by atoms with Crippen molar-refractivity contribution >= 4 is 34.1 Å². The van der Waals surface area contributed by atoms with Crippen molar-refractivity contribution in [3.63, 3.8) is 0 Å². The largest absolute Gasteiger partial charge is 0.369 e. The molecule has 7 nitrogen and oxygen atoms in total. The van der Waals surface area contributed by atoms with Gasteiger partial charge in [0.2, 0.25) is 16.0 Å². The van der Waals surface area contributed by atoms with E-state index in [1.165, 1.54) is 3.97 Å². The topological polar surface area (TPSA) is 116 Å². The molecular formula is C14H24ClN5O2S. The van der Waals surface area contributed by atoms with Crippen LogP contribution >= 0.6 is 12.4 Å². The first kappa shape index (κ1) is 19.5. The van der Waals surface area contributed by atoms with Crippen molar-refractivity contribution < 1.29 is 8.42 Å². The summed E-state index contributed by atoms with van der Waals surface area (Å²) in [7, 11) is -3.31. The quantitative estimate of drug-likeness (QED) is 0.346. The number of aromatic nitrogens is 1. The lowest BCUT2D eigenvalue weighted by molar-refractivity contribution is 0.579. The molecule has 1 aliphatic rings. The fourth-order valence-corrected chi connectivity index (χ4v) is 4.17. The van der Waals surface area contributed by atoms with Crippen LogP contribution in [-0.2, 0) is 16.4 Å². The van der Waals surface area contributed by atoms with Crippen LogP contribution in [0.15, 0.2) is 22.5 Å². The summed E-state index contributed by atoms with van der Waals surface area (Å²) in [6, 6.07) is 1.78. The zero-order valence-electron chi connectivity index (χ0n) is 13.2. The third kappa shape index (κ3) is 4.71. The fraction of sp³-hybridized carbons (Fsp3) is 0.571. The Hall–Kier alpha value is -1.54. The standard InChI is InChI=1S/C14H23N5O2S.ClH/c1-2-3-4-10-22(20,21)19-9-8-11-12(17-18-14(15)16)6-5-7-13(11)19;/h8-9H,2-7,10H2,1H3,(H4,15,16,18);1H/b17-12-;.